The number of rotatable bonds is 3. The van der Waals surface area contributed by atoms with Gasteiger partial charge in [0.25, 0.3) is 5.91 Å². The molecule has 0 spiro atoms. The molecule has 1 saturated heterocycles. The van der Waals surface area contributed by atoms with Gasteiger partial charge >= 0.3 is 6.03 Å². The first-order valence-corrected chi connectivity index (χ1v) is 4.75. The van der Waals surface area contributed by atoms with Crippen LogP contribution in [0.25, 0.3) is 0 Å². The zero-order valence-corrected chi connectivity index (χ0v) is 9.07. The Morgan fingerprint density at radius 3 is 2.43 bits per heavy atom. The van der Waals surface area contributed by atoms with Crippen LogP contribution in [0, 0.1) is 0 Å². The van der Waals surface area contributed by atoms with Crippen LogP contribution in [0.3, 0.4) is 0 Å². The van der Waals surface area contributed by atoms with Crippen molar-refractivity contribution in [2.24, 2.45) is 0 Å². The van der Waals surface area contributed by atoms with E-state index in [4.69, 9.17) is 0 Å². The fraction of sp³-hybridized carbons (Fsp3) is 0.778. The maximum absolute atomic E-state index is 11.6. The van der Waals surface area contributed by atoms with E-state index in [1.54, 1.807) is 11.8 Å². The van der Waals surface area contributed by atoms with Gasteiger partial charge in [-0.15, -0.1) is 0 Å². The maximum Gasteiger partial charge on any atom is 0.327 e. The van der Waals surface area contributed by atoms with Crippen molar-refractivity contribution in [1.82, 2.24) is 15.1 Å². The highest BCUT2D eigenvalue weighted by Gasteiger charge is 2.42. The van der Waals surface area contributed by atoms with Gasteiger partial charge in [-0.1, -0.05) is 0 Å². The normalized spacial score (nSPS) is 24.7. The highest BCUT2D eigenvalue weighted by Crippen LogP contribution is 2.18. The number of amides is 3. The molecule has 5 nitrogen and oxygen atoms in total. The minimum atomic E-state index is -0.337. The lowest BCUT2D eigenvalue weighted by molar-refractivity contribution is -0.127. The van der Waals surface area contributed by atoms with Gasteiger partial charge in [0.2, 0.25) is 0 Å². The van der Waals surface area contributed by atoms with Crippen molar-refractivity contribution < 1.29 is 9.59 Å². The Balaban J connectivity index is 2.79. The SMILES string of the molecule is CNCC(C)N1C(=O)N(C)C(=O)C1C. The van der Waals surface area contributed by atoms with Gasteiger partial charge in [-0.05, 0) is 20.9 Å². The Morgan fingerprint density at radius 2 is 2.07 bits per heavy atom. The van der Waals surface area contributed by atoms with Gasteiger partial charge in [-0.3, -0.25) is 9.69 Å². The summed E-state index contributed by atoms with van der Waals surface area (Å²) in [4.78, 5) is 25.9. The Morgan fingerprint density at radius 1 is 1.50 bits per heavy atom. The summed E-state index contributed by atoms with van der Waals surface area (Å²) in [5.74, 6) is -0.127. The molecule has 80 valence electrons. The largest absolute Gasteiger partial charge is 0.327 e. The van der Waals surface area contributed by atoms with Crippen molar-refractivity contribution in [2.45, 2.75) is 25.9 Å². The lowest BCUT2D eigenvalue weighted by Crippen LogP contribution is -2.44. The lowest BCUT2D eigenvalue weighted by atomic mass is 10.2. The molecule has 0 aromatic heterocycles. The fourth-order valence-electron chi connectivity index (χ4n) is 1.80. The minimum absolute atomic E-state index is 0.0383. The molecule has 3 amide bonds. The van der Waals surface area contributed by atoms with Crippen molar-refractivity contribution in [1.29, 1.82) is 0 Å². The summed E-state index contributed by atoms with van der Waals surface area (Å²) < 4.78 is 0. The third kappa shape index (κ3) is 1.59. The summed E-state index contributed by atoms with van der Waals surface area (Å²) in [6.45, 7) is 4.38. The molecule has 1 aliphatic rings. The molecule has 0 aromatic rings. The molecule has 0 bridgehead atoms. The Bertz CT molecular complexity index is 254. The average Bonchev–Trinajstić information content (AvgIpc) is 2.32. The third-order valence-electron chi connectivity index (χ3n) is 2.59. The second-order valence-electron chi connectivity index (χ2n) is 3.67. The first-order chi connectivity index (χ1) is 6.50. The average molecular weight is 199 g/mol. The topological polar surface area (TPSA) is 52.7 Å². The first-order valence-electron chi connectivity index (χ1n) is 4.75. The zero-order chi connectivity index (χ0) is 10.9. The summed E-state index contributed by atoms with van der Waals surface area (Å²) in [5.41, 5.74) is 0. The summed E-state index contributed by atoms with van der Waals surface area (Å²) in [6, 6.07) is -0.502. The van der Waals surface area contributed by atoms with Crippen LogP contribution in [0.1, 0.15) is 13.8 Å². The van der Waals surface area contributed by atoms with Crippen LogP contribution in [0.15, 0.2) is 0 Å². The van der Waals surface area contributed by atoms with Gasteiger partial charge in [0.05, 0.1) is 0 Å². The summed E-state index contributed by atoms with van der Waals surface area (Å²) in [6.07, 6.45) is 0. The van der Waals surface area contributed by atoms with Crippen molar-refractivity contribution in [3.05, 3.63) is 0 Å². The van der Waals surface area contributed by atoms with E-state index >= 15 is 0 Å². The second kappa shape index (κ2) is 3.96. The van der Waals surface area contributed by atoms with Crippen LogP contribution in [0.5, 0.6) is 0 Å². The molecule has 0 aliphatic carbocycles. The highest BCUT2D eigenvalue weighted by atomic mass is 16.2. The maximum atomic E-state index is 11.6. The van der Waals surface area contributed by atoms with E-state index in [2.05, 4.69) is 5.32 Å². The van der Waals surface area contributed by atoms with Crippen LogP contribution in [0.2, 0.25) is 0 Å². The number of nitrogens with zero attached hydrogens (tertiary/aromatic N) is 2. The van der Waals surface area contributed by atoms with E-state index in [0.29, 0.717) is 6.54 Å². The number of carbonyl (C=O) groups excluding carboxylic acids is 2. The summed E-state index contributed by atoms with van der Waals surface area (Å²) in [7, 11) is 3.35. The van der Waals surface area contributed by atoms with Gasteiger partial charge in [0.15, 0.2) is 0 Å². The van der Waals surface area contributed by atoms with Crippen molar-refractivity contribution in [2.75, 3.05) is 20.6 Å². The van der Waals surface area contributed by atoms with Gasteiger partial charge < -0.3 is 10.2 Å². The molecule has 14 heavy (non-hydrogen) atoms. The zero-order valence-electron chi connectivity index (χ0n) is 9.07. The lowest BCUT2D eigenvalue weighted by Gasteiger charge is -2.26. The molecule has 1 heterocycles. The van der Waals surface area contributed by atoms with Gasteiger partial charge in [0, 0.05) is 19.6 Å². The summed E-state index contributed by atoms with van der Waals surface area (Å²) in [5, 5.41) is 2.99. The van der Waals surface area contributed by atoms with Gasteiger partial charge in [0.1, 0.15) is 6.04 Å². The molecule has 1 N–H and O–H groups in total. The fourth-order valence-corrected chi connectivity index (χ4v) is 1.80. The Labute approximate surface area is 84.0 Å². The number of urea groups is 1. The van der Waals surface area contributed by atoms with E-state index < -0.39 is 0 Å². The molecule has 2 unspecified atom stereocenters. The molecule has 0 aromatic carbocycles. The molecule has 1 aliphatic heterocycles. The number of hydrogen-bond donors (Lipinski definition) is 1. The predicted octanol–water partition coefficient (Wildman–Crippen LogP) is -0.123. The van der Waals surface area contributed by atoms with Crippen LogP contribution < -0.4 is 5.32 Å². The van der Waals surface area contributed by atoms with Gasteiger partial charge in [-0.25, -0.2) is 4.79 Å². The molecule has 0 radical (unpaired) electrons. The molecule has 2 atom stereocenters. The van der Waals surface area contributed by atoms with Crippen molar-refractivity contribution >= 4 is 11.9 Å². The standard InChI is InChI=1S/C9H17N3O2/c1-6(5-10-3)12-7(2)8(13)11(4)9(12)14/h6-7,10H,5H2,1-4H3. The molecular weight excluding hydrogens is 182 g/mol. The monoisotopic (exact) mass is 199 g/mol. The van der Waals surface area contributed by atoms with Gasteiger partial charge in [-0.2, -0.15) is 0 Å². The molecule has 1 rings (SSSR count). The van der Waals surface area contributed by atoms with E-state index in [9.17, 15) is 9.59 Å². The van der Waals surface area contributed by atoms with E-state index in [1.165, 1.54) is 11.9 Å². The number of imide groups is 1. The highest BCUT2D eigenvalue weighted by molar-refractivity contribution is 6.03. The van der Waals surface area contributed by atoms with E-state index in [-0.39, 0.29) is 24.0 Å². The predicted molar refractivity (Wildman–Crippen MR) is 52.9 cm³/mol. The smallest absolute Gasteiger partial charge is 0.318 e. The molecule has 0 saturated carbocycles. The molecule has 1 fully saturated rings. The molecule has 5 heteroatoms. The molecular formula is C9H17N3O2. The first kappa shape index (κ1) is 11.0. The quantitative estimate of drug-likeness (QED) is 0.645. The number of likely N-dealkylation sites (N-methyl/N-ethyl adjacent to an activating group) is 2. The third-order valence-corrected chi connectivity index (χ3v) is 2.59. The van der Waals surface area contributed by atoms with Crippen LogP contribution in [0.4, 0.5) is 4.79 Å². The Kier molecular flexibility index (Phi) is 3.10. The second-order valence-corrected chi connectivity index (χ2v) is 3.67. The van der Waals surface area contributed by atoms with Crippen LogP contribution in [-0.2, 0) is 4.79 Å². The Hall–Kier alpha value is -1.10. The van der Waals surface area contributed by atoms with Crippen molar-refractivity contribution in [3.63, 3.8) is 0 Å². The summed E-state index contributed by atoms with van der Waals surface area (Å²) >= 11 is 0. The number of hydrogen-bond acceptors (Lipinski definition) is 3. The minimum Gasteiger partial charge on any atom is -0.318 e. The van der Waals surface area contributed by atoms with Crippen molar-refractivity contribution in [3.8, 4) is 0 Å². The van der Waals surface area contributed by atoms with E-state index in [0.717, 1.165) is 0 Å². The van der Waals surface area contributed by atoms with E-state index in [1.807, 2.05) is 14.0 Å². The number of carbonyl (C=O) groups is 2. The number of nitrogens with one attached hydrogen (secondary N) is 1. The van der Waals surface area contributed by atoms with Crippen LogP contribution >= 0.6 is 0 Å². The van der Waals surface area contributed by atoms with Crippen LogP contribution in [-0.4, -0.2) is 54.5 Å².